The van der Waals surface area contributed by atoms with Crippen LogP contribution in [0, 0.1) is 0 Å². The fraction of sp³-hybridized carbons (Fsp3) is 0.308. The smallest absolute Gasteiger partial charge is 0.193 e. The van der Waals surface area contributed by atoms with Gasteiger partial charge in [0.1, 0.15) is 11.5 Å². The first kappa shape index (κ1) is 12.9. The van der Waals surface area contributed by atoms with Gasteiger partial charge in [0.15, 0.2) is 5.22 Å². The zero-order valence-electron chi connectivity index (χ0n) is 10.3. The molecule has 0 aliphatic rings. The van der Waals surface area contributed by atoms with Crippen molar-refractivity contribution in [3.8, 4) is 5.75 Å². The first-order chi connectivity index (χ1) is 8.74. The Bertz CT molecular complexity index is 513. The molecular formula is C13H15ClN2O2. The topological polar surface area (TPSA) is 47.3 Å². The number of nitrogens with one attached hydrogen (secondary N) is 1. The van der Waals surface area contributed by atoms with Crippen LogP contribution in [0.4, 0.5) is 0 Å². The Balaban J connectivity index is 2.29. The van der Waals surface area contributed by atoms with Crippen LogP contribution < -0.4 is 10.1 Å². The Labute approximate surface area is 111 Å². The van der Waals surface area contributed by atoms with Gasteiger partial charge in [-0.15, -0.1) is 0 Å². The van der Waals surface area contributed by atoms with Gasteiger partial charge in [-0.05, 0) is 49.3 Å². The van der Waals surface area contributed by atoms with Crippen LogP contribution >= 0.6 is 11.6 Å². The zero-order valence-corrected chi connectivity index (χ0v) is 11.1. The lowest BCUT2D eigenvalue weighted by molar-refractivity contribution is 0.338. The van der Waals surface area contributed by atoms with Gasteiger partial charge in [0.2, 0.25) is 0 Å². The van der Waals surface area contributed by atoms with Gasteiger partial charge in [-0.2, -0.15) is 0 Å². The molecule has 2 aromatic rings. The Morgan fingerprint density at radius 3 is 2.89 bits per heavy atom. The Kier molecular flexibility index (Phi) is 4.23. The molecule has 0 fully saturated rings. The van der Waals surface area contributed by atoms with E-state index in [-0.39, 0.29) is 6.04 Å². The summed E-state index contributed by atoms with van der Waals surface area (Å²) in [5, 5.41) is 3.54. The number of halogens is 1. The SMILES string of the molecule is CCOc1cncc(C(NC)c2ccc(Cl)o2)c1. The van der Waals surface area contributed by atoms with Gasteiger partial charge < -0.3 is 14.5 Å². The minimum atomic E-state index is -0.0922. The Hall–Kier alpha value is -1.52. The summed E-state index contributed by atoms with van der Waals surface area (Å²) in [6.07, 6.45) is 3.47. The van der Waals surface area contributed by atoms with E-state index in [4.69, 9.17) is 20.8 Å². The average Bonchev–Trinajstić information content (AvgIpc) is 2.78. The molecule has 1 atom stereocenters. The summed E-state index contributed by atoms with van der Waals surface area (Å²) in [4.78, 5) is 4.16. The normalized spacial score (nSPS) is 12.4. The van der Waals surface area contributed by atoms with E-state index in [0.29, 0.717) is 11.8 Å². The molecule has 18 heavy (non-hydrogen) atoms. The number of pyridine rings is 1. The molecule has 2 aromatic heterocycles. The van der Waals surface area contributed by atoms with E-state index in [9.17, 15) is 0 Å². The van der Waals surface area contributed by atoms with Crippen LogP contribution in [0.15, 0.2) is 35.0 Å². The van der Waals surface area contributed by atoms with Crippen molar-refractivity contribution in [2.24, 2.45) is 0 Å². The van der Waals surface area contributed by atoms with Crippen molar-refractivity contribution in [1.82, 2.24) is 10.3 Å². The lowest BCUT2D eigenvalue weighted by Gasteiger charge is -2.14. The fourth-order valence-electron chi connectivity index (χ4n) is 1.80. The number of hydrogen-bond donors (Lipinski definition) is 1. The largest absolute Gasteiger partial charge is 0.492 e. The zero-order chi connectivity index (χ0) is 13.0. The molecule has 5 heteroatoms. The van der Waals surface area contributed by atoms with Crippen LogP contribution in [0.3, 0.4) is 0 Å². The molecule has 2 heterocycles. The molecule has 4 nitrogen and oxygen atoms in total. The highest BCUT2D eigenvalue weighted by molar-refractivity contribution is 6.28. The monoisotopic (exact) mass is 266 g/mol. The third-order valence-electron chi connectivity index (χ3n) is 2.55. The van der Waals surface area contributed by atoms with Gasteiger partial charge in [-0.25, -0.2) is 0 Å². The third-order valence-corrected chi connectivity index (χ3v) is 2.75. The number of ether oxygens (including phenoxy) is 1. The van der Waals surface area contributed by atoms with Crippen molar-refractivity contribution in [3.05, 3.63) is 47.1 Å². The lowest BCUT2D eigenvalue weighted by Crippen LogP contribution is -2.17. The molecule has 0 saturated heterocycles. The Morgan fingerprint density at radius 1 is 1.44 bits per heavy atom. The molecule has 0 bridgehead atoms. The number of hydrogen-bond acceptors (Lipinski definition) is 4. The van der Waals surface area contributed by atoms with Crippen LogP contribution in [0.1, 0.15) is 24.3 Å². The first-order valence-corrected chi connectivity index (χ1v) is 6.12. The van der Waals surface area contributed by atoms with Crippen molar-refractivity contribution >= 4 is 11.6 Å². The quantitative estimate of drug-likeness (QED) is 0.904. The van der Waals surface area contributed by atoms with E-state index in [2.05, 4.69) is 10.3 Å². The van der Waals surface area contributed by atoms with Crippen LogP contribution in [0.25, 0.3) is 0 Å². The first-order valence-electron chi connectivity index (χ1n) is 5.74. The average molecular weight is 267 g/mol. The fourth-order valence-corrected chi connectivity index (χ4v) is 1.95. The molecule has 2 rings (SSSR count). The van der Waals surface area contributed by atoms with Crippen molar-refractivity contribution in [3.63, 3.8) is 0 Å². The van der Waals surface area contributed by atoms with Gasteiger partial charge in [-0.3, -0.25) is 4.98 Å². The van der Waals surface area contributed by atoms with Crippen LogP contribution in [-0.2, 0) is 0 Å². The van der Waals surface area contributed by atoms with Crippen molar-refractivity contribution in [2.45, 2.75) is 13.0 Å². The van der Waals surface area contributed by atoms with Crippen molar-refractivity contribution in [2.75, 3.05) is 13.7 Å². The summed E-state index contributed by atoms with van der Waals surface area (Å²) in [5.74, 6) is 1.49. The van der Waals surface area contributed by atoms with Crippen LogP contribution in [0.2, 0.25) is 5.22 Å². The second kappa shape index (κ2) is 5.89. The van der Waals surface area contributed by atoms with E-state index in [1.165, 1.54) is 0 Å². The number of aromatic nitrogens is 1. The van der Waals surface area contributed by atoms with E-state index < -0.39 is 0 Å². The number of rotatable bonds is 5. The lowest BCUT2D eigenvalue weighted by atomic mass is 10.1. The summed E-state index contributed by atoms with van der Waals surface area (Å²) in [6, 6.07) is 5.41. The summed E-state index contributed by atoms with van der Waals surface area (Å²) in [5.41, 5.74) is 0.967. The van der Waals surface area contributed by atoms with Crippen molar-refractivity contribution in [1.29, 1.82) is 0 Å². The molecule has 0 aromatic carbocycles. The maximum atomic E-state index is 5.80. The molecule has 1 unspecified atom stereocenters. The van der Waals surface area contributed by atoms with Crippen molar-refractivity contribution < 1.29 is 9.15 Å². The molecule has 0 radical (unpaired) electrons. The molecule has 0 saturated carbocycles. The molecule has 0 amide bonds. The second-order valence-corrected chi connectivity index (χ2v) is 4.12. The van der Waals surface area contributed by atoms with Gasteiger partial charge >= 0.3 is 0 Å². The van der Waals surface area contributed by atoms with Crippen LogP contribution in [0.5, 0.6) is 5.75 Å². The summed E-state index contributed by atoms with van der Waals surface area (Å²) < 4.78 is 10.9. The summed E-state index contributed by atoms with van der Waals surface area (Å²) in [7, 11) is 1.86. The van der Waals surface area contributed by atoms with E-state index in [1.54, 1.807) is 18.5 Å². The van der Waals surface area contributed by atoms with Gasteiger partial charge in [-0.1, -0.05) is 0 Å². The molecule has 1 N–H and O–H groups in total. The van der Waals surface area contributed by atoms with Gasteiger partial charge in [0.25, 0.3) is 0 Å². The Morgan fingerprint density at radius 2 is 2.28 bits per heavy atom. The van der Waals surface area contributed by atoms with Gasteiger partial charge in [0.05, 0.1) is 18.8 Å². The third kappa shape index (κ3) is 2.83. The second-order valence-electron chi connectivity index (χ2n) is 3.75. The summed E-state index contributed by atoms with van der Waals surface area (Å²) in [6.45, 7) is 2.55. The van der Waals surface area contributed by atoms with E-state index in [1.807, 2.05) is 26.1 Å². The predicted molar refractivity (Wildman–Crippen MR) is 70.0 cm³/mol. The molecule has 0 aliphatic heterocycles. The number of furan rings is 1. The highest BCUT2D eigenvalue weighted by Gasteiger charge is 2.16. The standard InChI is InChI=1S/C13H15ClN2O2/c1-3-17-10-6-9(7-16-8-10)13(15-2)11-4-5-12(14)18-11/h4-8,13,15H,3H2,1-2H3. The van der Waals surface area contributed by atoms with Gasteiger partial charge in [0, 0.05) is 6.20 Å². The van der Waals surface area contributed by atoms with Crippen LogP contribution in [-0.4, -0.2) is 18.6 Å². The highest BCUT2D eigenvalue weighted by Crippen LogP contribution is 2.27. The molecule has 96 valence electrons. The minimum absolute atomic E-state index is 0.0922. The minimum Gasteiger partial charge on any atom is -0.492 e. The highest BCUT2D eigenvalue weighted by atomic mass is 35.5. The summed E-state index contributed by atoms with van der Waals surface area (Å²) >= 11 is 5.80. The number of nitrogens with zero attached hydrogens (tertiary/aromatic N) is 1. The van der Waals surface area contributed by atoms with E-state index in [0.717, 1.165) is 17.1 Å². The molecule has 0 aliphatic carbocycles. The molecular weight excluding hydrogens is 252 g/mol. The maximum Gasteiger partial charge on any atom is 0.193 e. The maximum absolute atomic E-state index is 5.80. The molecule has 0 spiro atoms. The predicted octanol–water partition coefficient (Wildman–Crippen LogP) is 3.04. The van der Waals surface area contributed by atoms with E-state index >= 15 is 0 Å².